The third-order valence-corrected chi connectivity index (χ3v) is 10.5. The van der Waals surface area contributed by atoms with Gasteiger partial charge in [-0.2, -0.15) is 0 Å². The normalized spacial score (nSPS) is 17.6. The number of hydrogen-bond donors (Lipinski definition) is 3. The fraction of sp³-hybridized carbons (Fsp3) is 0.226. The maximum absolute atomic E-state index is 13.9. The van der Waals surface area contributed by atoms with Crippen LogP contribution in [0.5, 0.6) is 11.5 Å². The number of carbonyl (C=O) groups is 2. The monoisotopic (exact) mass is 620 g/mol. The van der Waals surface area contributed by atoms with Gasteiger partial charge in [-0.1, -0.05) is 54.6 Å². The number of para-hydroxylation sites is 1. The van der Waals surface area contributed by atoms with Crippen LogP contribution in [-0.4, -0.2) is 73.4 Å². The lowest BCUT2D eigenvalue weighted by Crippen LogP contribution is -2.67. The first kappa shape index (κ1) is 30.2. The highest BCUT2D eigenvalue weighted by molar-refractivity contribution is 7.94. The summed E-state index contributed by atoms with van der Waals surface area (Å²) in [5, 5.41) is 16.6. The van der Waals surface area contributed by atoms with Crippen LogP contribution in [0.4, 0.5) is 10.5 Å². The second kappa shape index (κ2) is 13.4. The van der Waals surface area contributed by atoms with Crippen LogP contribution in [0, 0.1) is 0 Å². The Bertz CT molecular complexity index is 1620. The van der Waals surface area contributed by atoms with E-state index >= 15 is 0 Å². The van der Waals surface area contributed by atoms with Crippen LogP contribution in [0.3, 0.4) is 0 Å². The molecule has 3 N–H and O–H groups in total. The summed E-state index contributed by atoms with van der Waals surface area (Å²) in [5.74, 6) is 0.676. The zero-order chi connectivity index (χ0) is 30.4. The van der Waals surface area contributed by atoms with Crippen molar-refractivity contribution in [2.75, 3.05) is 32.0 Å². The fourth-order valence-corrected chi connectivity index (χ4v) is 7.92. The molecule has 0 radical (unpaired) electrons. The van der Waals surface area contributed by atoms with Crippen LogP contribution in [-0.2, 0) is 14.6 Å². The average molecular weight is 621 g/mol. The smallest absolute Gasteiger partial charge is 0.323 e. The third kappa shape index (κ3) is 7.05. The van der Waals surface area contributed by atoms with Crippen molar-refractivity contribution in [1.29, 1.82) is 0 Å². The van der Waals surface area contributed by atoms with Gasteiger partial charge in [0.25, 0.3) is 0 Å². The maximum atomic E-state index is 13.9. The molecule has 3 aromatic carbocycles. The maximum Gasteiger partial charge on any atom is 0.323 e. The minimum absolute atomic E-state index is 0.0474. The molecule has 1 aliphatic rings. The molecule has 3 atom stereocenters. The van der Waals surface area contributed by atoms with Crippen molar-refractivity contribution >= 4 is 38.8 Å². The quantitative estimate of drug-likeness (QED) is 0.254. The van der Waals surface area contributed by atoms with Crippen LogP contribution in [0.1, 0.15) is 11.7 Å². The van der Waals surface area contributed by atoms with Gasteiger partial charge in [0.1, 0.15) is 21.8 Å². The van der Waals surface area contributed by atoms with E-state index in [1.807, 2.05) is 36.4 Å². The van der Waals surface area contributed by atoms with Crippen LogP contribution < -0.4 is 15.4 Å². The van der Waals surface area contributed by atoms with Gasteiger partial charge in [0.05, 0.1) is 12.6 Å². The Hall–Kier alpha value is -4.23. The number of hydrogen-bond acceptors (Lipinski definition) is 8. The molecule has 3 amide bonds. The summed E-state index contributed by atoms with van der Waals surface area (Å²) in [6.45, 7) is 0.187. The molecule has 0 spiro atoms. The van der Waals surface area contributed by atoms with E-state index in [1.165, 1.54) is 22.9 Å². The third-order valence-electron chi connectivity index (χ3n) is 7.02. The van der Waals surface area contributed by atoms with E-state index in [9.17, 15) is 23.1 Å². The SMILES string of the molecule is CN(CC(O)c1ccccc1)C(=O)C1NCCN(C(=O)Nc2ccc(Oc3ccccc3)cc2)C1S(=O)(=O)c1cccs1. The first-order valence-corrected chi connectivity index (χ1v) is 16.1. The molecule has 224 valence electrons. The summed E-state index contributed by atoms with van der Waals surface area (Å²) in [4.78, 5) is 29.8. The number of sulfone groups is 1. The molecule has 4 aromatic rings. The number of urea groups is 1. The predicted molar refractivity (Wildman–Crippen MR) is 165 cm³/mol. The van der Waals surface area contributed by atoms with Crippen molar-refractivity contribution in [1.82, 2.24) is 15.1 Å². The second-order valence-corrected chi connectivity index (χ2v) is 13.2. The minimum Gasteiger partial charge on any atom is -0.457 e. The Morgan fingerprint density at radius 2 is 1.65 bits per heavy atom. The molecule has 12 heteroatoms. The van der Waals surface area contributed by atoms with Crippen molar-refractivity contribution in [2.45, 2.75) is 21.7 Å². The molecular formula is C31H32N4O6S2. The number of piperazine rings is 1. The highest BCUT2D eigenvalue weighted by atomic mass is 32.2. The largest absolute Gasteiger partial charge is 0.457 e. The molecule has 0 saturated carbocycles. The van der Waals surface area contributed by atoms with Crippen LogP contribution >= 0.6 is 11.3 Å². The van der Waals surface area contributed by atoms with E-state index in [-0.39, 0.29) is 23.8 Å². The van der Waals surface area contributed by atoms with E-state index in [0.29, 0.717) is 22.7 Å². The highest BCUT2D eigenvalue weighted by Gasteiger charge is 2.48. The van der Waals surface area contributed by atoms with Crippen LogP contribution in [0.25, 0.3) is 0 Å². The van der Waals surface area contributed by atoms with Gasteiger partial charge in [0.2, 0.25) is 15.7 Å². The number of nitrogens with zero attached hydrogens (tertiary/aromatic N) is 2. The number of rotatable bonds is 9. The molecule has 10 nitrogen and oxygen atoms in total. The number of anilines is 1. The molecule has 3 unspecified atom stereocenters. The first-order valence-electron chi connectivity index (χ1n) is 13.6. The Morgan fingerprint density at radius 1 is 1.00 bits per heavy atom. The standard InChI is InChI=1S/C31H32N4O6S2/c1-34(21-26(36)22-9-4-2-5-10-22)29(37)28-30(43(39,40)27-13-8-20-42-27)35(19-18-32-28)31(38)33-23-14-16-25(17-15-23)41-24-11-6-3-7-12-24/h2-17,20,26,28,30,32,36H,18-19,21H2,1H3,(H,33,38). The summed E-state index contributed by atoms with van der Waals surface area (Å²) in [5.41, 5.74) is 1.06. The Morgan fingerprint density at radius 3 is 2.30 bits per heavy atom. The summed E-state index contributed by atoms with van der Waals surface area (Å²) in [7, 11) is -2.66. The van der Waals surface area contributed by atoms with Gasteiger partial charge in [-0.05, 0) is 53.4 Å². The number of aliphatic hydroxyl groups excluding tert-OH is 1. The minimum atomic E-state index is -4.16. The molecule has 1 aliphatic heterocycles. The molecule has 2 heterocycles. The Kier molecular flexibility index (Phi) is 9.41. The lowest BCUT2D eigenvalue weighted by molar-refractivity contribution is -0.134. The van der Waals surface area contributed by atoms with E-state index in [4.69, 9.17) is 4.74 Å². The zero-order valence-corrected chi connectivity index (χ0v) is 25.0. The van der Waals surface area contributed by atoms with Crippen molar-refractivity contribution in [3.8, 4) is 11.5 Å². The number of carbonyl (C=O) groups excluding carboxylic acids is 2. The highest BCUT2D eigenvalue weighted by Crippen LogP contribution is 2.29. The van der Waals surface area contributed by atoms with E-state index in [2.05, 4.69) is 10.6 Å². The average Bonchev–Trinajstić information content (AvgIpc) is 3.58. The molecule has 0 aliphatic carbocycles. The van der Waals surface area contributed by atoms with Crippen LogP contribution in [0.2, 0.25) is 0 Å². The Balaban J connectivity index is 1.36. The van der Waals surface area contributed by atoms with Gasteiger partial charge in [-0.25, -0.2) is 13.2 Å². The topological polar surface area (TPSA) is 128 Å². The van der Waals surface area contributed by atoms with Gasteiger partial charge in [0, 0.05) is 25.8 Å². The molecule has 1 aromatic heterocycles. The molecule has 1 saturated heterocycles. The number of thiophene rings is 1. The molecular weight excluding hydrogens is 588 g/mol. The molecule has 1 fully saturated rings. The Labute approximate surface area is 254 Å². The first-order chi connectivity index (χ1) is 20.7. The zero-order valence-electron chi connectivity index (χ0n) is 23.4. The van der Waals surface area contributed by atoms with Crippen LogP contribution in [0.15, 0.2) is 107 Å². The van der Waals surface area contributed by atoms with Crippen molar-refractivity contribution in [2.24, 2.45) is 0 Å². The number of ether oxygens (including phenoxy) is 1. The van der Waals surface area contributed by atoms with Crippen molar-refractivity contribution < 1.29 is 27.9 Å². The van der Waals surface area contributed by atoms with Gasteiger partial charge < -0.3 is 30.3 Å². The molecule has 5 rings (SSSR count). The van der Waals surface area contributed by atoms with Gasteiger partial charge in [-0.3, -0.25) is 4.79 Å². The van der Waals surface area contributed by atoms with Gasteiger partial charge >= 0.3 is 6.03 Å². The predicted octanol–water partition coefficient (Wildman–Crippen LogP) is 4.34. The van der Waals surface area contributed by atoms with Gasteiger partial charge in [0.15, 0.2) is 5.37 Å². The number of nitrogens with one attached hydrogen (secondary N) is 2. The number of likely N-dealkylation sites (N-methyl/N-ethyl adjacent to an activating group) is 1. The summed E-state index contributed by atoms with van der Waals surface area (Å²) >= 11 is 1.02. The number of aliphatic hydroxyl groups is 1. The number of benzene rings is 3. The number of amides is 3. The van der Waals surface area contributed by atoms with Crippen molar-refractivity contribution in [3.63, 3.8) is 0 Å². The summed E-state index contributed by atoms with van der Waals surface area (Å²) in [6, 6.07) is 26.0. The van der Waals surface area contributed by atoms with Crippen molar-refractivity contribution in [3.05, 3.63) is 108 Å². The summed E-state index contributed by atoms with van der Waals surface area (Å²) < 4.78 is 33.7. The van der Waals surface area contributed by atoms with E-state index in [0.717, 1.165) is 11.3 Å². The van der Waals surface area contributed by atoms with E-state index < -0.39 is 39.3 Å². The fourth-order valence-electron chi connectivity index (χ4n) is 4.86. The second-order valence-electron chi connectivity index (χ2n) is 10.0. The summed E-state index contributed by atoms with van der Waals surface area (Å²) in [6.07, 6.45) is -0.973. The lowest BCUT2D eigenvalue weighted by Gasteiger charge is -2.41. The van der Waals surface area contributed by atoms with E-state index in [1.54, 1.807) is 60.0 Å². The molecule has 0 bridgehead atoms. The molecule has 43 heavy (non-hydrogen) atoms. The lowest BCUT2D eigenvalue weighted by atomic mass is 10.1. The van der Waals surface area contributed by atoms with Gasteiger partial charge in [-0.15, -0.1) is 11.3 Å².